The molecule has 20 heavy (non-hydrogen) atoms. The summed E-state index contributed by atoms with van der Waals surface area (Å²) in [5, 5.41) is -0.236. The number of aliphatic imine (C=N–C) groups is 1. The predicted octanol–water partition coefficient (Wildman–Crippen LogP) is 3.14. The third kappa shape index (κ3) is 3.00. The number of esters is 2. The van der Waals surface area contributed by atoms with Crippen molar-refractivity contribution in [1.29, 1.82) is 0 Å². The van der Waals surface area contributed by atoms with Crippen LogP contribution in [0.3, 0.4) is 0 Å². The highest BCUT2D eigenvalue weighted by Crippen LogP contribution is 2.27. The highest BCUT2D eigenvalue weighted by molar-refractivity contribution is 6.56. The summed E-state index contributed by atoms with van der Waals surface area (Å²) in [7, 11) is 0. The van der Waals surface area contributed by atoms with E-state index in [0.29, 0.717) is 17.9 Å². The number of hydrogen-bond donors (Lipinski definition) is 0. The van der Waals surface area contributed by atoms with E-state index in [4.69, 9.17) is 32.7 Å². The van der Waals surface area contributed by atoms with Gasteiger partial charge in [-0.25, -0.2) is 14.6 Å². The SMILES string of the molecule is CCOC(=O)c1ccc(N=C2OC(=O)C(Cl)=C2Cl)cc1. The summed E-state index contributed by atoms with van der Waals surface area (Å²) in [5.74, 6) is -1.22. The van der Waals surface area contributed by atoms with Gasteiger partial charge in [0.15, 0.2) is 5.03 Å². The first kappa shape index (κ1) is 14.6. The Bertz CT molecular complexity index is 620. The van der Waals surface area contributed by atoms with Crippen LogP contribution < -0.4 is 0 Å². The molecule has 1 heterocycles. The standard InChI is InChI=1S/C13H9Cl2NO4/c1-2-19-12(17)7-3-5-8(6-4-7)16-11-9(14)10(15)13(18)20-11/h3-6H,2H2,1H3. The fourth-order valence-electron chi connectivity index (χ4n) is 1.44. The molecule has 0 N–H and O–H groups in total. The van der Waals surface area contributed by atoms with Crippen LogP contribution >= 0.6 is 23.2 Å². The van der Waals surface area contributed by atoms with Crippen LogP contribution in [0, 0.1) is 0 Å². The number of nitrogens with zero attached hydrogens (tertiary/aromatic N) is 1. The lowest BCUT2D eigenvalue weighted by atomic mass is 10.2. The minimum atomic E-state index is -0.737. The predicted molar refractivity (Wildman–Crippen MR) is 74.3 cm³/mol. The Balaban J connectivity index is 2.20. The van der Waals surface area contributed by atoms with E-state index in [1.807, 2.05) is 0 Å². The van der Waals surface area contributed by atoms with Crippen molar-refractivity contribution in [1.82, 2.24) is 0 Å². The van der Waals surface area contributed by atoms with Gasteiger partial charge < -0.3 is 9.47 Å². The van der Waals surface area contributed by atoms with Crippen molar-refractivity contribution >= 4 is 46.7 Å². The Kier molecular flexibility index (Phi) is 4.42. The molecule has 0 bridgehead atoms. The minimum absolute atomic E-state index is 0.0360. The van der Waals surface area contributed by atoms with Gasteiger partial charge in [0.05, 0.1) is 17.9 Å². The molecular weight excluding hydrogens is 305 g/mol. The van der Waals surface area contributed by atoms with Crippen molar-refractivity contribution in [2.24, 2.45) is 4.99 Å². The highest BCUT2D eigenvalue weighted by Gasteiger charge is 2.28. The molecule has 0 fully saturated rings. The van der Waals surface area contributed by atoms with E-state index >= 15 is 0 Å². The smallest absolute Gasteiger partial charge is 0.358 e. The van der Waals surface area contributed by atoms with Crippen LogP contribution in [0.2, 0.25) is 0 Å². The first-order chi connectivity index (χ1) is 9.52. The molecular formula is C13H9Cl2NO4. The normalized spacial score (nSPS) is 16.6. The third-order valence-corrected chi connectivity index (χ3v) is 3.15. The topological polar surface area (TPSA) is 65.0 Å². The van der Waals surface area contributed by atoms with Gasteiger partial charge in [0, 0.05) is 0 Å². The average Bonchev–Trinajstić information content (AvgIpc) is 2.67. The lowest BCUT2D eigenvalue weighted by Crippen LogP contribution is -2.04. The Hall–Kier alpha value is -1.85. The first-order valence-electron chi connectivity index (χ1n) is 5.66. The van der Waals surface area contributed by atoms with Gasteiger partial charge in [0.1, 0.15) is 5.03 Å². The fourth-order valence-corrected chi connectivity index (χ4v) is 1.71. The van der Waals surface area contributed by atoms with E-state index in [0.717, 1.165) is 0 Å². The Labute approximate surface area is 124 Å². The van der Waals surface area contributed by atoms with E-state index in [2.05, 4.69) is 4.99 Å². The number of hydrogen-bond acceptors (Lipinski definition) is 5. The molecule has 0 aliphatic carbocycles. The zero-order chi connectivity index (χ0) is 14.7. The van der Waals surface area contributed by atoms with Crippen LogP contribution in [0.4, 0.5) is 5.69 Å². The van der Waals surface area contributed by atoms with Gasteiger partial charge in [-0.2, -0.15) is 0 Å². The summed E-state index contributed by atoms with van der Waals surface area (Å²) in [6, 6.07) is 6.24. The summed E-state index contributed by atoms with van der Waals surface area (Å²) in [4.78, 5) is 26.7. The molecule has 2 rings (SSSR count). The van der Waals surface area contributed by atoms with Crippen LogP contribution in [0.5, 0.6) is 0 Å². The lowest BCUT2D eigenvalue weighted by molar-refractivity contribution is -0.129. The Morgan fingerprint density at radius 3 is 2.40 bits per heavy atom. The second kappa shape index (κ2) is 6.07. The second-order valence-corrected chi connectivity index (χ2v) is 4.46. The molecule has 1 aliphatic heterocycles. The zero-order valence-corrected chi connectivity index (χ0v) is 11.9. The van der Waals surface area contributed by atoms with Gasteiger partial charge in [-0.3, -0.25) is 0 Å². The van der Waals surface area contributed by atoms with Crippen LogP contribution in [-0.2, 0) is 14.3 Å². The summed E-state index contributed by atoms with van der Waals surface area (Å²) < 4.78 is 9.64. The number of ether oxygens (including phenoxy) is 2. The van der Waals surface area contributed by atoms with Crippen LogP contribution in [0.25, 0.3) is 0 Å². The molecule has 104 valence electrons. The van der Waals surface area contributed by atoms with Gasteiger partial charge in [-0.1, -0.05) is 23.2 Å². The van der Waals surface area contributed by atoms with Crippen molar-refractivity contribution in [3.05, 3.63) is 39.9 Å². The number of carbonyl (C=O) groups is 2. The number of benzene rings is 1. The molecule has 7 heteroatoms. The van der Waals surface area contributed by atoms with E-state index < -0.39 is 11.9 Å². The van der Waals surface area contributed by atoms with Crippen molar-refractivity contribution in [2.45, 2.75) is 6.92 Å². The maximum absolute atomic E-state index is 11.5. The van der Waals surface area contributed by atoms with Crippen LogP contribution in [-0.4, -0.2) is 24.4 Å². The number of halogens is 2. The van der Waals surface area contributed by atoms with Gasteiger partial charge in [0.2, 0.25) is 5.90 Å². The second-order valence-electron chi connectivity index (χ2n) is 3.70. The monoisotopic (exact) mass is 313 g/mol. The molecule has 1 aromatic carbocycles. The maximum atomic E-state index is 11.5. The molecule has 0 atom stereocenters. The van der Waals surface area contributed by atoms with E-state index in [9.17, 15) is 9.59 Å². The van der Waals surface area contributed by atoms with E-state index in [1.54, 1.807) is 31.2 Å². The first-order valence-corrected chi connectivity index (χ1v) is 6.42. The Morgan fingerprint density at radius 2 is 1.90 bits per heavy atom. The molecule has 0 saturated heterocycles. The van der Waals surface area contributed by atoms with Gasteiger partial charge in [0.25, 0.3) is 0 Å². The fraction of sp³-hybridized carbons (Fsp3) is 0.154. The van der Waals surface area contributed by atoms with Crippen LogP contribution in [0.1, 0.15) is 17.3 Å². The van der Waals surface area contributed by atoms with Crippen molar-refractivity contribution < 1.29 is 19.1 Å². The molecule has 5 nitrogen and oxygen atoms in total. The molecule has 1 aliphatic rings. The van der Waals surface area contributed by atoms with Crippen molar-refractivity contribution in [3.8, 4) is 0 Å². The third-order valence-electron chi connectivity index (χ3n) is 2.36. The van der Waals surface area contributed by atoms with E-state index in [-0.39, 0.29) is 16.0 Å². The van der Waals surface area contributed by atoms with Gasteiger partial charge >= 0.3 is 11.9 Å². The zero-order valence-electron chi connectivity index (χ0n) is 10.4. The summed E-state index contributed by atoms with van der Waals surface area (Å²) in [6.07, 6.45) is 0. The number of carbonyl (C=O) groups excluding carboxylic acids is 2. The van der Waals surface area contributed by atoms with E-state index in [1.165, 1.54) is 0 Å². The summed E-state index contributed by atoms with van der Waals surface area (Å²) >= 11 is 11.4. The highest BCUT2D eigenvalue weighted by atomic mass is 35.5. The summed E-state index contributed by atoms with van der Waals surface area (Å²) in [6.45, 7) is 2.03. The lowest BCUT2D eigenvalue weighted by Gasteiger charge is -2.02. The van der Waals surface area contributed by atoms with Crippen molar-refractivity contribution in [3.63, 3.8) is 0 Å². The average molecular weight is 314 g/mol. The minimum Gasteiger partial charge on any atom is -0.462 e. The van der Waals surface area contributed by atoms with Crippen LogP contribution in [0.15, 0.2) is 39.3 Å². The summed E-state index contributed by atoms with van der Waals surface area (Å²) in [5.41, 5.74) is 0.865. The van der Waals surface area contributed by atoms with Crippen molar-refractivity contribution in [2.75, 3.05) is 6.61 Å². The van der Waals surface area contributed by atoms with Gasteiger partial charge in [-0.15, -0.1) is 0 Å². The molecule has 0 spiro atoms. The quantitative estimate of drug-likeness (QED) is 0.804. The number of rotatable bonds is 3. The molecule has 1 aromatic rings. The molecule has 0 saturated carbocycles. The molecule has 0 radical (unpaired) electrons. The molecule has 0 amide bonds. The Morgan fingerprint density at radius 1 is 1.25 bits per heavy atom. The largest absolute Gasteiger partial charge is 0.462 e. The maximum Gasteiger partial charge on any atom is 0.358 e. The number of cyclic esters (lactones) is 1. The molecule has 0 aromatic heterocycles. The molecule has 0 unspecified atom stereocenters. The van der Waals surface area contributed by atoms with Gasteiger partial charge in [-0.05, 0) is 31.2 Å².